The molecular formula is C10H20O2. The summed E-state index contributed by atoms with van der Waals surface area (Å²) in [6.45, 7) is 1.21. The highest BCUT2D eigenvalue weighted by Gasteiger charge is 2.32. The summed E-state index contributed by atoms with van der Waals surface area (Å²) in [7, 11) is 1.74. The van der Waals surface area contributed by atoms with Gasteiger partial charge in [0.15, 0.2) is 0 Å². The number of ether oxygens (including phenoxy) is 1. The van der Waals surface area contributed by atoms with Crippen LogP contribution in [0.1, 0.15) is 38.5 Å². The molecule has 1 saturated carbocycles. The average molecular weight is 172 g/mol. The monoisotopic (exact) mass is 172 g/mol. The standard InChI is InChI=1S/C10H20O2/c1-12-8-4-7-10(9-11)5-2-3-6-10/h11H,2-9H2,1H3. The second kappa shape index (κ2) is 4.83. The van der Waals surface area contributed by atoms with Crippen molar-refractivity contribution in [3.05, 3.63) is 0 Å². The van der Waals surface area contributed by atoms with Crippen LogP contribution in [-0.2, 0) is 4.74 Å². The molecular weight excluding hydrogens is 152 g/mol. The van der Waals surface area contributed by atoms with Gasteiger partial charge in [0.2, 0.25) is 0 Å². The Morgan fingerprint density at radius 1 is 1.33 bits per heavy atom. The van der Waals surface area contributed by atoms with Gasteiger partial charge in [0.25, 0.3) is 0 Å². The lowest BCUT2D eigenvalue weighted by Gasteiger charge is -2.25. The molecule has 0 spiro atoms. The van der Waals surface area contributed by atoms with Crippen LogP contribution in [0.15, 0.2) is 0 Å². The molecule has 12 heavy (non-hydrogen) atoms. The van der Waals surface area contributed by atoms with Crippen molar-refractivity contribution in [1.82, 2.24) is 0 Å². The predicted octanol–water partition coefficient (Wildman–Crippen LogP) is 1.97. The molecule has 1 rings (SSSR count). The van der Waals surface area contributed by atoms with Gasteiger partial charge in [-0.15, -0.1) is 0 Å². The molecule has 0 aliphatic heterocycles. The van der Waals surface area contributed by atoms with Crippen molar-refractivity contribution >= 4 is 0 Å². The first kappa shape index (κ1) is 10.0. The van der Waals surface area contributed by atoms with E-state index in [9.17, 15) is 5.11 Å². The third-order valence-corrected chi connectivity index (χ3v) is 3.06. The van der Waals surface area contributed by atoms with Crippen LogP contribution >= 0.6 is 0 Å². The van der Waals surface area contributed by atoms with Crippen molar-refractivity contribution in [2.75, 3.05) is 20.3 Å². The van der Waals surface area contributed by atoms with Crippen molar-refractivity contribution < 1.29 is 9.84 Å². The van der Waals surface area contributed by atoms with Crippen LogP contribution < -0.4 is 0 Å². The summed E-state index contributed by atoms with van der Waals surface area (Å²) in [5.41, 5.74) is 0.262. The number of rotatable bonds is 5. The largest absolute Gasteiger partial charge is 0.396 e. The molecule has 0 aromatic heterocycles. The molecule has 0 atom stereocenters. The Balaban J connectivity index is 2.24. The Labute approximate surface area is 74.9 Å². The van der Waals surface area contributed by atoms with E-state index in [0.717, 1.165) is 19.4 Å². The molecule has 0 aromatic carbocycles. The van der Waals surface area contributed by atoms with E-state index in [1.165, 1.54) is 25.7 Å². The lowest BCUT2D eigenvalue weighted by atomic mass is 9.82. The van der Waals surface area contributed by atoms with Gasteiger partial charge in [-0.3, -0.25) is 0 Å². The predicted molar refractivity (Wildman–Crippen MR) is 49.1 cm³/mol. The Morgan fingerprint density at radius 3 is 2.50 bits per heavy atom. The molecule has 72 valence electrons. The van der Waals surface area contributed by atoms with Crippen LogP contribution in [0.3, 0.4) is 0 Å². The minimum Gasteiger partial charge on any atom is -0.396 e. The summed E-state index contributed by atoms with van der Waals surface area (Å²) in [5.74, 6) is 0. The first-order chi connectivity index (χ1) is 5.83. The number of hydrogen-bond donors (Lipinski definition) is 1. The Kier molecular flexibility index (Phi) is 4.02. The molecule has 0 saturated heterocycles. The summed E-state index contributed by atoms with van der Waals surface area (Å²) in [5, 5.41) is 9.28. The number of aliphatic hydroxyl groups is 1. The molecule has 2 nitrogen and oxygen atoms in total. The van der Waals surface area contributed by atoms with Crippen molar-refractivity contribution in [3.8, 4) is 0 Å². The van der Waals surface area contributed by atoms with Gasteiger partial charge in [0, 0.05) is 20.3 Å². The van der Waals surface area contributed by atoms with E-state index in [1.807, 2.05) is 0 Å². The molecule has 0 heterocycles. The molecule has 1 aliphatic rings. The quantitative estimate of drug-likeness (QED) is 0.642. The number of methoxy groups -OCH3 is 1. The normalized spacial score (nSPS) is 21.5. The first-order valence-electron chi connectivity index (χ1n) is 4.93. The highest BCUT2D eigenvalue weighted by molar-refractivity contribution is 4.83. The minimum absolute atomic E-state index is 0.262. The van der Waals surface area contributed by atoms with Crippen LogP contribution in [0.2, 0.25) is 0 Å². The molecule has 1 N–H and O–H groups in total. The zero-order chi connectivity index (χ0) is 8.86. The summed E-state index contributed by atoms with van der Waals surface area (Å²) in [6.07, 6.45) is 7.26. The van der Waals surface area contributed by atoms with E-state index in [1.54, 1.807) is 7.11 Å². The highest BCUT2D eigenvalue weighted by Crippen LogP contribution is 2.41. The summed E-state index contributed by atoms with van der Waals surface area (Å²) in [6, 6.07) is 0. The Morgan fingerprint density at radius 2 is 2.00 bits per heavy atom. The summed E-state index contributed by atoms with van der Waals surface area (Å²) >= 11 is 0. The van der Waals surface area contributed by atoms with Gasteiger partial charge in [0.05, 0.1) is 0 Å². The highest BCUT2D eigenvalue weighted by atomic mass is 16.5. The van der Waals surface area contributed by atoms with E-state index in [2.05, 4.69) is 0 Å². The van der Waals surface area contributed by atoms with Crippen LogP contribution in [0.5, 0.6) is 0 Å². The SMILES string of the molecule is COCCCC1(CO)CCCC1. The minimum atomic E-state index is 0.262. The fraction of sp³-hybridized carbons (Fsp3) is 1.00. The molecule has 0 unspecified atom stereocenters. The first-order valence-corrected chi connectivity index (χ1v) is 4.93. The summed E-state index contributed by atoms with van der Waals surface area (Å²) in [4.78, 5) is 0. The summed E-state index contributed by atoms with van der Waals surface area (Å²) < 4.78 is 5.01. The molecule has 0 aromatic rings. The van der Waals surface area contributed by atoms with Gasteiger partial charge in [-0.05, 0) is 31.1 Å². The van der Waals surface area contributed by atoms with Crippen molar-refractivity contribution in [2.24, 2.45) is 5.41 Å². The van der Waals surface area contributed by atoms with Crippen LogP contribution in [-0.4, -0.2) is 25.4 Å². The maximum absolute atomic E-state index is 9.28. The fourth-order valence-electron chi connectivity index (χ4n) is 2.20. The van der Waals surface area contributed by atoms with Gasteiger partial charge in [-0.2, -0.15) is 0 Å². The fourth-order valence-corrected chi connectivity index (χ4v) is 2.20. The van der Waals surface area contributed by atoms with E-state index >= 15 is 0 Å². The third kappa shape index (κ3) is 2.46. The van der Waals surface area contributed by atoms with Gasteiger partial charge >= 0.3 is 0 Å². The molecule has 0 radical (unpaired) electrons. The van der Waals surface area contributed by atoms with Gasteiger partial charge in [-0.25, -0.2) is 0 Å². The molecule has 1 fully saturated rings. The second-order valence-electron chi connectivity index (χ2n) is 3.96. The van der Waals surface area contributed by atoms with E-state index in [-0.39, 0.29) is 5.41 Å². The van der Waals surface area contributed by atoms with Crippen LogP contribution in [0.4, 0.5) is 0 Å². The molecule has 1 aliphatic carbocycles. The third-order valence-electron chi connectivity index (χ3n) is 3.06. The van der Waals surface area contributed by atoms with Crippen LogP contribution in [0.25, 0.3) is 0 Å². The zero-order valence-corrected chi connectivity index (χ0v) is 8.01. The van der Waals surface area contributed by atoms with Crippen molar-refractivity contribution in [3.63, 3.8) is 0 Å². The van der Waals surface area contributed by atoms with Crippen molar-refractivity contribution in [1.29, 1.82) is 0 Å². The second-order valence-corrected chi connectivity index (χ2v) is 3.96. The van der Waals surface area contributed by atoms with Crippen LogP contribution in [0, 0.1) is 5.41 Å². The maximum Gasteiger partial charge on any atom is 0.0487 e. The molecule has 2 heteroatoms. The van der Waals surface area contributed by atoms with E-state index < -0.39 is 0 Å². The Hall–Kier alpha value is -0.0800. The van der Waals surface area contributed by atoms with Gasteiger partial charge in [-0.1, -0.05) is 12.8 Å². The molecule has 0 amide bonds. The molecule has 0 bridgehead atoms. The van der Waals surface area contributed by atoms with Gasteiger partial charge in [0.1, 0.15) is 0 Å². The topological polar surface area (TPSA) is 29.5 Å². The lowest BCUT2D eigenvalue weighted by molar-refractivity contribution is 0.103. The Bertz CT molecular complexity index is 117. The zero-order valence-electron chi connectivity index (χ0n) is 8.01. The number of aliphatic hydroxyl groups excluding tert-OH is 1. The average Bonchev–Trinajstić information content (AvgIpc) is 2.55. The van der Waals surface area contributed by atoms with Gasteiger partial charge < -0.3 is 9.84 Å². The van der Waals surface area contributed by atoms with E-state index in [4.69, 9.17) is 4.74 Å². The van der Waals surface area contributed by atoms with Crippen molar-refractivity contribution in [2.45, 2.75) is 38.5 Å². The smallest absolute Gasteiger partial charge is 0.0487 e. The van der Waals surface area contributed by atoms with E-state index in [0.29, 0.717) is 6.61 Å². The lowest BCUT2D eigenvalue weighted by Crippen LogP contribution is -2.21. The maximum atomic E-state index is 9.28. The number of hydrogen-bond acceptors (Lipinski definition) is 2.